The number of nitrogens with zero attached hydrogens (tertiary/aromatic N) is 1. The average Bonchev–Trinajstić information content (AvgIpc) is 3.14. The highest BCUT2D eigenvalue weighted by Gasteiger charge is 2.15. The zero-order valence-corrected chi connectivity index (χ0v) is 14.0. The normalized spacial score (nSPS) is 10.3. The molecule has 6 heteroatoms. The second-order valence-corrected chi connectivity index (χ2v) is 5.19. The highest BCUT2D eigenvalue weighted by Crippen LogP contribution is 2.26. The Labute approximate surface area is 145 Å². The van der Waals surface area contributed by atoms with Crippen molar-refractivity contribution in [2.75, 3.05) is 19.0 Å². The van der Waals surface area contributed by atoms with Crippen molar-refractivity contribution in [3.63, 3.8) is 0 Å². The number of amides is 1. The number of benzene rings is 2. The summed E-state index contributed by atoms with van der Waals surface area (Å²) >= 11 is 0. The zero-order chi connectivity index (χ0) is 17.6. The molecular formula is C19H18N2O4. The Kier molecular flexibility index (Phi) is 4.99. The van der Waals surface area contributed by atoms with Crippen molar-refractivity contribution in [2.45, 2.75) is 6.92 Å². The van der Waals surface area contributed by atoms with Gasteiger partial charge in [-0.25, -0.2) is 0 Å². The fourth-order valence-corrected chi connectivity index (χ4v) is 2.31. The van der Waals surface area contributed by atoms with E-state index in [-0.39, 0.29) is 11.6 Å². The number of carbonyl (C=O) groups excluding carboxylic acids is 1. The number of nitrogens with one attached hydrogen (secondary N) is 1. The van der Waals surface area contributed by atoms with Crippen LogP contribution in [0.5, 0.6) is 11.5 Å². The van der Waals surface area contributed by atoms with E-state index >= 15 is 0 Å². The summed E-state index contributed by atoms with van der Waals surface area (Å²) in [5, 5.41) is 6.64. The first-order valence-corrected chi connectivity index (χ1v) is 7.85. The molecule has 1 amide bonds. The Morgan fingerprint density at radius 2 is 1.92 bits per heavy atom. The lowest BCUT2D eigenvalue weighted by atomic mass is 10.1. The van der Waals surface area contributed by atoms with Crippen LogP contribution in [0.15, 0.2) is 59.1 Å². The van der Waals surface area contributed by atoms with E-state index in [2.05, 4.69) is 10.5 Å². The van der Waals surface area contributed by atoms with Crippen molar-refractivity contribution in [1.82, 2.24) is 5.16 Å². The third kappa shape index (κ3) is 3.80. The maximum atomic E-state index is 12.4. The van der Waals surface area contributed by atoms with Crippen LogP contribution in [-0.4, -0.2) is 24.8 Å². The quantitative estimate of drug-likeness (QED) is 0.735. The lowest BCUT2D eigenvalue weighted by Crippen LogP contribution is -2.13. The van der Waals surface area contributed by atoms with Crippen molar-refractivity contribution in [1.29, 1.82) is 0 Å². The van der Waals surface area contributed by atoms with Crippen LogP contribution in [0.2, 0.25) is 0 Å². The maximum Gasteiger partial charge on any atom is 0.277 e. The topological polar surface area (TPSA) is 73.6 Å². The first-order chi connectivity index (χ1) is 12.2. The van der Waals surface area contributed by atoms with Crippen molar-refractivity contribution in [3.8, 4) is 22.8 Å². The Balaban J connectivity index is 1.76. The van der Waals surface area contributed by atoms with E-state index in [0.717, 1.165) is 11.3 Å². The summed E-state index contributed by atoms with van der Waals surface area (Å²) in [5.74, 6) is 1.49. The van der Waals surface area contributed by atoms with Crippen LogP contribution in [0.4, 0.5) is 5.69 Å². The van der Waals surface area contributed by atoms with E-state index in [1.165, 1.54) is 0 Å². The van der Waals surface area contributed by atoms with Gasteiger partial charge in [0.25, 0.3) is 5.91 Å². The molecule has 1 N–H and O–H groups in total. The lowest BCUT2D eigenvalue weighted by Gasteiger charge is -2.09. The predicted molar refractivity (Wildman–Crippen MR) is 94.1 cm³/mol. The molecule has 0 radical (unpaired) electrons. The Morgan fingerprint density at radius 1 is 1.16 bits per heavy atom. The van der Waals surface area contributed by atoms with Gasteiger partial charge in [0, 0.05) is 11.6 Å². The van der Waals surface area contributed by atoms with Crippen molar-refractivity contribution < 1.29 is 18.8 Å². The smallest absolute Gasteiger partial charge is 0.277 e. The molecule has 0 saturated heterocycles. The predicted octanol–water partition coefficient (Wildman–Crippen LogP) is 4.00. The van der Waals surface area contributed by atoms with Gasteiger partial charge in [-0.3, -0.25) is 4.79 Å². The highest BCUT2D eigenvalue weighted by molar-refractivity contribution is 6.04. The molecular weight excluding hydrogens is 320 g/mol. The number of anilines is 1. The minimum atomic E-state index is -0.365. The second kappa shape index (κ2) is 7.53. The number of ether oxygens (including phenoxy) is 2. The zero-order valence-electron chi connectivity index (χ0n) is 14.0. The van der Waals surface area contributed by atoms with Gasteiger partial charge in [-0.1, -0.05) is 17.3 Å². The maximum absolute atomic E-state index is 12.4. The third-order valence-electron chi connectivity index (χ3n) is 3.55. The number of hydrogen-bond donors (Lipinski definition) is 1. The van der Waals surface area contributed by atoms with E-state index < -0.39 is 0 Å². The molecule has 0 atom stereocenters. The summed E-state index contributed by atoms with van der Waals surface area (Å²) in [6, 6.07) is 16.1. The van der Waals surface area contributed by atoms with E-state index in [4.69, 9.17) is 14.0 Å². The molecule has 25 heavy (non-hydrogen) atoms. The van der Waals surface area contributed by atoms with Crippen molar-refractivity contribution in [2.24, 2.45) is 0 Å². The number of carbonyl (C=O) groups is 1. The molecule has 0 unspecified atom stereocenters. The molecule has 1 heterocycles. The van der Waals surface area contributed by atoms with E-state index in [1.807, 2.05) is 43.3 Å². The minimum Gasteiger partial charge on any atom is -0.497 e. The van der Waals surface area contributed by atoms with Crippen LogP contribution in [-0.2, 0) is 0 Å². The summed E-state index contributed by atoms with van der Waals surface area (Å²) in [7, 11) is 1.60. The van der Waals surface area contributed by atoms with E-state index in [0.29, 0.717) is 23.8 Å². The first-order valence-electron chi connectivity index (χ1n) is 7.85. The van der Waals surface area contributed by atoms with Crippen LogP contribution in [0.3, 0.4) is 0 Å². The Bertz CT molecular complexity index is 856. The van der Waals surface area contributed by atoms with Crippen molar-refractivity contribution >= 4 is 11.6 Å². The third-order valence-corrected chi connectivity index (χ3v) is 3.55. The first kappa shape index (κ1) is 16.6. The molecule has 128 valence electrons. The molecule has 0 aliphatic carbocycles. The molecule has 0 bridgehead atoms. The van der Waals surface area contributed by atoms with Gasteiger partial charge < -0.3 is 19.3 Å². The second-order valence-electron chi connectivity index (χ2n) is 5.19. The molecule has 0 saturated carbocycles. The van der Waals surface area contributed by atoms with Gasteiger partial charge in [0.05, 0.1) is 19.4 Å². The molecule has 3 aromatic rings. The summed E-state index contributed by atoms with van der Waals surface area (Å²) in [6.07, 6.45) is 0. The van der Waals surface area contributed by atoms with Gasteiger partial charge in [0.15, 0.2) is 11.5 Å². The highest BCUT2D eigenvalue weighted by atomic mass is 16.5. The molecule has 0 spiro atoms. The fraction of sp³-hybridized carbons (Fsp3) is 0.158. The molecule has 0 aliphatic rings. The van der Waals surface area contributed by atoms with E-state index in [1.54, 1.807) is 25.3 Å². The largest absolute Gasteiger partial charge is 0.497 e. The Hall–Kier alpha value is -3.28. The monoisotopic (exact) mass is 338 g/mol. The van der Waals surface area contributed by atoms with Gasteiger partial charge in [-0.2, -0.15) is 0 Å². The van der Waals surface area contributed by atoms with Crippen LogP contribution in [0.25, 0.3) is 11.3 Å². The van der Waals surface area contributed by atoms with Gasteiger partial charge in [-0.05, 0) is 43.3 Å². The molecule has 1 aromatic heterocycles. The number of rotatable bonds is 6. The molecule has 0 fully saturated rings. The van der Waals surface area contributed by atoms with Crippen molar-refractivity contribution in [3.05, 3.63) is 60.3 Å². The fourth-order valence-electron chi connectivity index (χ4n) is 2.31. The SMILES string of the molecule is CCOc1ccccc1NC(=O)c1cc(-c2ccc(OC)cc2)on1. The number of hydrogen-bond acceptors (Lipinski definition) is 5. The number of aromatic nitrogens is 1. The van der Waals surface area contributed by atoms with Gasteiger partial charge in [-0.15, -0.1) is 0 Å². The van der Waals surface area contributed by atoms with Crippen LogP contribution in [0.1, 0.15) is 17.4 Å². The van der Waals surface area contributed by atoms with Crippen LogP contribution < -0.4 is 14.8 Å². The Morgan fingerprint density at radius 3 is 2.64 bits per heavy atom. The van der Waals surface area contributed by atoms with Gasteiger partial charge in [0.1, 0.15) is 11.5 Å². The lowest BCUT2D eigenvalue weighted by molar-refractivity contribution is 0.101. The summed E-state index contributed by atoms with van der Waals surface area (Å²) < 4.78 is 15.9. The van der Waals surface area contributed by atoms with Gasteiger partial charge in [0.2, 0.25) is 0 Å². The van der Waals surface area contributed by atoms with Crippen LogP contribution >= 0.6 is 0 Å². The molecule has 3 rings (SSSR count). The minimum absolute atomic E-state index is 0.192. The average molecular weight is 338 g/mol. The summed E-state index contributed by atoms with van der Waals surface area (Å²) in [4.78, 5) is 12.4. The van der Waals surface area contributed by atoms with Crippen LogP contribution in [0, 0.1) is 0 Å². The summed E-state index contributed by atoms with van der Waals surface area (Å²) in [6.45, 7) is 2.40. The molecule has 0 aliphatic heterocycles. The summed E-state index contributed by atoms with van der Waals surface area (Å²) in [5.41, 5.74) is 1.59. The molecule has 6 nitrogen and oxygen atoms in total. The molecule has 2 aromatic carbocycles. The standard InChI is InChI=1S/C19H18N2O4/c1-3-24-17-7-5-4-6-15(17)20-19(22)16-12-18(25-21-16)13-8-10-14(23-2)11-9-13/h4-12H,3H2,1-2H3,(H,20,22). The number of para-hydroxylation sites is 2. The number of methoxy groups -OCH3 is 1. The van der Waals surface area contributed by atoms with E-state index in [9.17, 15) is 4.79 Å². The van der Waals surface area contributed by atoms with Gasteiger partial charge >= 0.3 is 0 Å².